The van der Waals surface area contributed by atoms with E-state index >= 15 is 0 Å². The van der Waals surface area contributed by atoms with Crippen LogP contribution in [0.2, 0.25) is 0 Å². The normalized spacial score (nSPS) is 21.0. The van der Waals surface area contributed by atoms with Crippen molar-refractivity contribution in [2.75, 3.05) is 50.4 Å². The Bertz CT molecular complexity index is 960. The molecular formula is C18H29N7O2S. The van der Waals surface area contributed by atoms with E-state index in [0.717, 1.165) is 43.3 Å². The second-order valence-electron chi connectivity index (χ2n) is 8.84. The summed E-state index contributed by atoms with van der Waals surface area (Å²) in [4.78, 5) is 4.49. The summed E-state index contributed by atoms with van der Waals surface area (Å²) in [6.45, 7) is 10.1. The number of rotatable bonds is 5. The molecule has 2 aromatic rings. The number of aromatic nitrogens is 4. The highest BCUT2D eigenvalue weighted by Crippen LogP contribution is 2.24. The Morgan fingerprint density at radius 1 is 1.21 bits per heavy atom. The summed E-state index contributed by atoms with van der Waals surface area (Å²) in [5, 5.41) is 13.3. The van der Waals surface area contributed by atoms with E-state index in [-0.39, 0.29) is 5.41 Å². The highest BCUT2D eigenvalue weighted by Gasteiger charge is 2.33. The number of sulfonamides is 1. The predicted molar refractivity (Wildman–Crippen MR) is 108 cm³/mol. The molecule has 2 saturated heterocycles. The number of likely N-dealkylation sites (N-methyl/N-ethyl adjacent to an activating group) is 1. The first-order valence-electron chi connectivity index (χ1n) is 9.81. The summed E-state index contributed by atoms with van der Waals surface area (Å²) < 4.78 is 27.3. The molecule has 9 nitrogen and oxygen atoms in total. The van der Waals surface area contributed by atoms with Gasteiger partial charge in [-0.15, -0.1) is 15.3 Å². The Labute approximate surface area is 166 Å². The lowest BCUT2D eigenvalue weighted by Crippen LogP contribution is -2.59. The average molecular weight is 408 g/mol. The molecular weight excluding hydrogens is 378 g/mol. The highest BCUT2D eigenvalue weighted by molar-refractivity contribution is 7.89. The molecule has 4 rings (SSSR count). The Hall–Kier alpha value is -1.78. The van der Waals surface area contributed by atoms with Crippen LogP contribution in [0.3, 0.4) is 0 Å². The molecule has 0 bridgehead atoms. The zero-order valence-electron chi connectivity index (χ0n) is 17.0. The standard InChI is InChI=1S/C18H29N7O2S/c1-18(2,3)17-20-19-15-6-7-16(21-25(15)17)23-12-14(13-23)22(4)9-10-24-8-5-11-28(24,26)27/h6-7,14H,5,8-13H2,1-4H3. The number of hydrogen-bond donors (Lipinski definition) is 0. The van der Waals surface area contributed by atoms with Gasteiger partial charge >= 0.3 is 0 Å². The fourth-order valence-electron chi connectivity index (χ4n) is 3.73. The fraction of sp³-hybridized carbons (Fsp3) is 0.722. The van der Waals surface area contributed by atoms with Crippen LogP contribution in [-0.4, -0.2) is 89.0 Å². The SMILES string of the molecule is CN(CCN1CCCS1(=O)=O)C1CN(c2ccc3nnc(C(C)(C)C)n3n2)C1. The lowest BCUT2D eigenvalue weighted by Gasteiger charge is -2.44. The van der Waals surface area contributed by atoms with Crippen molar-refractivity contribution < 1.29 is 8.42 Å². The molecule has 0 aromatic carbocycles. The second kappa shape index (κ2) is 6.93. The van der Waals surface area contributed by atoms with Crippen LogP contribution in [0.15, 0.2) is 12.1 Å². The van der Waals surface area contributed by atoms with Gasteiger partial charge in [0.2, 0.25) is 10.0 Å². The number of nitrogens with zero attached hydrogens (tertiary/aromatic N) is 7. The molecule has 2 aromatic heterocycles. The van der Waals surface area contributed by atoms with Gasteiger partial charge in [-0.25, -0.2) is 12.7 Å². The number of fused-ring (bicyclic) bond motifs is 1. The van der Waals surface area contributed by atoms with Gasteiger partial charge < -0.3 is 4.90 Å². The summed E-state index contributed by atoms with van der Waals surface area (Å²) in [5.41, 5.74) is 0.633. The van der Waals surface area contributed by atoms with Crippen molar-refractivity contribution in [2.24, 2.45) is 0 Å². The van der Waals surface area contributed by atoms with E-state index < -0.39 is 10.0 Å². The smallest absolute Gasteiger partial charge is 0.214 e. The van der Waals surface area contributed by atoms with Crippen LogP contribution in [-0.2, 0) is 15.4 Å². The predicted octanol–water partition coefficient (Wildman–Crippen LogP) is 0.578. The molecule has 0 radical (unpaired) electrons. The molecule has 2 aliphatic rings. The molecule has 10 heteroatoms. The van der Waals surface area contributed by atoms with Gasteiger partial charge in [0.05, 0.1) is 5.75 Å². The largest absolute Gasteiger partial charge is 0.352 e. The van der Waals surface area contributed by atoms with Gasteiger partial charge in [0.15, 0.2) is 11.5 Å². The zero-order chi connectivity index (χ0) is 20.1. The zero-order valence-corrected chi connectivity index (χ0v) is 17.9. The third-order valence-corrected chi connectivity index (χ3v) is 7.59. The van der Waals surface area contributed by atoms with Crippen molar-refractivity contribution in [3.05, 3.63) is 18.0 Å². The van der Waals surface area contributed by atoms with Crippen LogP contribution in [0.1, 0.15) is 33.0 Å². The van der Waals surface area contributed by atoms with E-state index in [9.17, 15) is 8.42 Å². The van der Waals surface area contributed by atoms with Crippen molar-refractivity contribution >= 4 is 21.5 Å². The summed E-state index contributed by atoms with van der Waals surface area (Å²) >= 11 is 0. The van der Waals surface area contributed by atoms with Crippen LogP contribution in [0.4, 0.5) is 5.82 Å². The number of hydrogen-bond acceptors (Lipinski definition) is 7. The third-order valence-electron chi connectivity index (χ3n) is 5.63. The van der Waals surface area contributed by atoms with Gasteiger partial charge in [-0.3, -0.25) is 4.90 Å². The Balaban J connectivity index is 1.37. The molecule has 0 saturated carbocycles. The lowest BCUT2D eigenvalue weighted by atomic mass is 9.96. The van der Waals surface area contributed by atoms with Gasteiger partial charge in [-0.2, -0.15) is 4.52 Å². The maximum absolute atomic E-state index is 11.9. The molecule has 0 N–H and O–H groups in total. The van der Waals surface area contributed by atoms with Gasteiger partial charge in [-0.05, 0) is 25.6 Å². The fourth-order valence-corrected chi connectivity index (χ4v) is 5.25. The van der Waals surface area contributed by atoms with E-state index in [1.807, 2.05) is 16.6 Å². The van der Waals surface area contributed by atoms with Gasteiger partial charge in [0, 0.05) is 44.2 Å². The first kappa shape index (κ1) is 19.5. The monoisotopic (exact) mass is 407 g/mol. The summed E-state index contributed by atoms with van der Waals surface area (Å²) in [6, 6.07) is 4.36. The van der Waals surface area contributed by atoms with Gasteiger partial charge in [0.1, 0.15) is 5.82 Å². The van der Waals surface area contributed by atoms with Crippen molar-refractivity contribution in [3.8, 4) is 0 Å². The topological polar surface area (TPSA) is 86.9 Å². The minimum Gasteiger partial charge on any atom is -0.352 e. The Morgan fingerprint density at radius 2 is 1.96 bits per heavy atom. The maximum Gasteiger partial charge on any atom is 0.214 e. The van der Waals surface area contributed by atoms with Gasteiger partial charge in [-0.1, -0.05) is 20.8 Å². The van der Waals surface area contributed by atoms with Crippen LogP contribution >= 0.6 is 0 Å². The quantitative estimate of drug-likeness (QED) is 0.716. The van der Waals surface area contributed by atoms with Crippen LogP contribution < -0.4 is 4.90 Å². The van der Waals surface area contributed by atoms with Crippen LogP contribution in [0.5, 0.6) is 0 Å². The van der Waals surface area contributed by atoms with E-state index in [1.165, 1.54) is 0 Å². The second-order valence-corrected chi connectivity index (χ2v) is 10.9. The molecule has 154 valence electrons. The van der Waals surface area contributed by atoms with Crippen LogP contribution in [0, 0.1) is 0 Å². The van der Waals surface area contributed by atoms with E-state index in [1.54, 1.807) is 4.31 Å². The van der Waals surface area contributed by atoms with Gasteiger partial charge in [0.25, 0.3) is 0 Å². The minimum atomic E-state index is -3.01. The highest BCUT2D eigenvalue weighted by atomic mass is 32.2. The molecule has 0 aliphatic carbocycles. The molecule has 2 aliphatic heterocycles. The molecule has 0 amide bonds. The van der Waals surface area contributed by atoms with Crippen molar-refractivity contribution in [1.82, 2.24) is 29.0 Å². The van der Waals surface area contributed by atoms with Crippen molar-refractivity contribution in [3.63, 3.8) is 0 Å². The summed E-state index contributed by atoms with van der Waals surface area (Å²) in [5.74, 6) is 2.07. The first-order valence-corrected chi connectivity index (χ1v) is 11.4. The third kappa shape index (κ3) is 3.60. The Kier molecular flexibility index (Phi) is 4.83. The number of anilines is 1. The Morgan fingerprint density at radius 3 is 2.61 bits per heavy atom. The maximum atomic E-state index is 11.9. The molecule has 2 fully saturated rings. The van der Waals surface area contributed by atoms with E-state index in [2.05, 4.69) is 47.8 Å². The molecule has 4 heterocycles. The van der Waals surface area contributed by atoms with E-state index in [4.69, 9.17) is 5.10 Å². The molecule has 0 atom stereocenters. The minimum absolute atomic E-state index is 0.126. The first-order chi connectivity index (χ1) is 13.1. The molecule has 28 heavy (non-hydrogen) atoms. The molecule has 0 unspecified atom stereocenters. The van der Waals surface area contributed by atoms with Crippen molar-refractivity contribution in [1.29, 1.82) is 0 Å². The van der Waals surface area contributed by atoms with E-state index in [0.29, 0.717) is 24.9 Å². The molecule has 0 spiro atoms. The lowest BCUT2D eigenvalue weighted by molar-refractivity contribution is 0.193. The average Bonchev–Trinajstić information content (AvgIpc) is 3.13. The summed E-state index contributed by atoms with van der Waals surface area (Å²) in [7, 11) is -0.942. The van der Waals surface area contributed by atoms with Crippen molar-refractivity contribution in [2.45, 2.75) is 38.6 Å². The van der Waals surface area contributed by atoms with Crippen LogP contribution in [0.25, 0.3) is 5.65 Å². The summed E-state index contributed by atoms with van der Waals surface area (Å²) in [6.07, 6.45) is 0.747.